The number of hydrogen-bond acceptors (Lipinski definition) is 6. The number of anilines is 1. The maximum atomic E-state index is 14.1. The van der Waals surface area contributed by atoms with Crippen LogP contribution in [0.1, 0.15) is 40.2 Å². The van der Waals surface area contributed by atoms with Crippen molar-refractivity contribution < 1.29 is 29.1 Å². The predicted octanol–water partition coefficient (Wildman–Crippen LogP) is 6.24. The minimum atomic E-state index is -0.808. The second-order valence-corrected chi connectivity index (χ2v) is 12.6. The van der Waals surface area contributed by atoms with Crippen LogP contribution in [0.15, 0.2) is 106 Å². The first-order chi connectivity index (χ1) is 21.2. The number of aromatic hydroxyl groups is 1. The van der Waals surface area contributed by atoms with Crippen molar-refractivity contribution in [2.24, 2.45) is 17.8 Å². The molecule has 0 unspecified atom stereocenters. The lowest BCUT2D eigenvalue weighted by atomic mass is 9.59. The number of Topliss-reactive ketones (excluding diaryl/α,β-unsaturated/α-hetero) is 1. The van der Waals surface area contributed by atoms with Crippen molar-refractivity contribution in [2.75, 3.05) is 4.90 Å². The molecule has 1 saturated heterocycles. The monoisotopic (exact) mass is 667 g/mol. The first kappa shape index (κ1) is 28.4. The number of rotatable bonds is 4. The van der Waals surface area contributed by atoms with E-state index in [0.29, 0.717) is 33.0 Å². The Balaban J connectivity index is 1.27. The fourth-order valence-corrected chi connectivity index (χ4v) is 7.72. The van der Waals surface area contributed by atoms with Crippen LogP contribution in [0.3, 0.4) is 0 Å². The normalized spacial score (nSPS) is 24.5. The highest BCUT2D eigenvalue weighted by Gasteiger charge is 2.57. The van der Waals surface area contributed by atoms with Crippen LogP contribution in [0.25, 0.3) is 0 Å². The third kappa shape index (κ3) is 4.35. The van der Waals surface area contributed by atoms with Gasteiger partial charge in [0.1, 0.15) is 5.75 Å². The SMILES string of the molecule is O=C1C=C(Br)C(=O)C2=C1[C@@H](c1cc(Cl)ccc1O)C1=CC[C@@H]3C(=O)N(c4ccc(C(=O)c5ccccc5)cc4)C(=O)[C@@H]3[C@@H]1C2. The van der Waals surface area contributed by atoms with Gasteiger partial charge in [-0.05, 0) is 77.2 Å². The third-order valence-electron chi connectivity index (χ3n) is 9.06. The van der Waals surface area contributed by atoms with Crippen LogP contribution in [0.4, 0.5) is 5.69 Å². The van der Waals surface area contributed by atoms with E-state index in [2.05, 4.69) is 15.9 Å². The first-order valence-corrected chi connectivity index (χ1v) is 15.3. The van der Waals surface area contributed by atoms with Gasteiger partial charge in [-0.25, -0.2) is 0 Å². The molecule has 3 aliphatic carbocycles. The molecule has 3 aromatic carbocycles. The molecule has 1 N–H and O–H groups in total. The highest BCUT2D eigenvalue weighted by molar-refractivity contribution is 9.12. The summed E-state index contributed by atoms with van der Waals surface area (Å²) in [6.45, 7) is 0. The maximum absolute atomic E-state index is 14.1. The van der Waals surface area contributed by atoms with Gasteiger partial charge in [0.2, 0.25) is 11.8 Å². The van der Waals surface area contributed by atoms with E-state index in [4.69, 9.17) is 11.6 Å². The number of amides is 2. The number of allylic oxidation sites excluding steroid dienone is 6. The zero-order valence-electron chi connectivity index (χ0n) is 23.0. The van der Waals surface area contributed by atoms with Crippen LogP contribution in [-0.2, 0) is 19.2 Å². The van der Waals surface area contributed by atoms with Gasteiger partial charge in [-0.15, -0.1) is 0 Å². The second kappa shape index (κ2) is 10.6. The predicted molar refractivity (Wildman–Crippen MR) is 167 cm³/mol. The molecule has 2 amide bonds. The molecular formula is C35H23BrClNO6. The van der Waals surface area contributed by atoms with Crippen LogP contribution in [0, 0.1) is 17.8 Å². The molecule has 0 aromatic heterocycles. The van der Waals surface area contributed by atoms with E-state index in [1.807, 2.05) is 12.1 Å². The van der Waals surface area contributed by atoms with Gasteiger partial charge in [0.15, 0.2) is 17.3 Å². The molecular weight excluding hydrogens is 646 g/mol. The number of carbonyl (C=O) groups excluding carboxylic acids is 5. The summed E-state index contributed by atoms with van der Waals surface area (Å²) in [6, 6.07) is 19.7. The summed E-state index contributed by atoms with van der Waals surface area (Å²) in [7, 11) is 0. The second-order valence-electron chi connectivity index (χ2n) is 11.4. The van der Waals surface area contributed by atoms with Gasteiger partial charge < -0.3 is 5.11 Å². The number of halogens is 2. The molecule has 1 aliphatic heterocycles. The zero-order valence-corrected chi connectivity index (χ0v) is 25.3. The van der Waals surface area contributed by atoms with Gasteiger partial charge in [0.05, 0.1) is 22.0 Å². The molecule has 7 nitrogen and oxygen atoms in total. The molecule has 44 heavy (non-hydrogen) atoms. The lowest BCUT2D eigenvalue weighted by Gasteiger charge is -2.42. The van der Waals surface area contributed by atoms with Crippen LogP contribution in [-0.4, -0.2) is 34.3 Å². The molecule has 3 aromatic rings. The number of phenolic OH excluding ortho intramolecular Hbond substituents is 1. The fraction of sp³-hybridized carbons (Fsp3) is 0.171. The van der Waals surface area contributed by atoms with Gasteiger partial charge in [0.25, 0.3) is 0 Å². The molecule has 9 heteroatoms. The van der Waals surface area contributed by atoms with Crippen LogP contribution >= 0.6 is 27.5 Å². The van der Waals surface area contributed by atoms with Gasteiger partial charge in [-0.1, -0.05) is 53.6 Å². The summed E-state index contributed by atoms with van der Waals surface area (Å²) in [4.78, 5) is 68.7. The topological polar surface area (TPSA) is 109 Å². The number of nitrogens with zero attached hydrogens (tertiary/aromatic N) is 1. The van der Waals surface area contributed by atoms with E-state index in [9.17, 15) is 29.1 Å². The minimum Gasteiger partial charge on any atom is -0.508 e. The number of benzene rings is 3. The van der Waals surface area contributed by atoms with Crippen molar-refractivity contribution in [1.82, 2.24) is 0 Å². The Morgan fingerprint density at radius 3 is 2.32 bits per heavy atom. The Labute approximate surface area is 265 Å². The van der Waals surface area contributed by atoms with Crippen molar-refractivity contribution in [3.63, 3.8) is 0 Å². The quantitative estimate of drug-likeness (QED) is 0.153. The van der Waals surface area contributed by atoms with Crippen molar-refractivity contribution in [3.8, 4) is 5.75 Å². The van der Waals surface area contributed by atoms with Crippen LogP contribution in [0.5, 0.6) is 5.75 Å². The smallest absolute Gasteiger partial charge is 0.238 e. The first-order valence-electron chi connectivity index (χ1n) is 14.1. The van der Waals surface area contributed by atoms with E-state index < -0.39 is 29.6 Å². The minimum absolute atomic E-state index is 0.0932. The van der Waals surface area contributed by atoms with E-state index >= 15 is 0 Å². The Morgan fingerprint density at radius 1 is 0.886 bits per heavy atom. The number of phenols is 1. The highest BCUT2D eigenvalue weighted by Crippen LogP contribution is 2.56. The molecule has 0 radical (unpaired) electrons. The molecule has 218 valence electrons. The number of imide groups is 1. The van der Waals surface area contributed by atoms with Gasteiger partial charge in [-0.3, -0.25) is 28.9 Å². The average molecular weight is 669 g/mol. The van der Waals surface area contributed by atoms with Gasteiger partial charge >= 0.3 is 0 Å². The summed E-state index contributed by atoms with van der Waals surface area (Å²) in [5, 5.41) is 11.2. The number of carbonyl (C=O) groups is 5. The number of fused-ring (bicyclic) bond motifs is 3. The Morgan fingerprint density at radius 2 is 1.59 bits per heavy atom. The van der Waals surface area contributed by atoms with Gasteiger partial charge in [-0.2, -0.15) is 0 Å². The highest BCUT2D eigenvalue weighted by atomic mass is 79.9. The molecule has 1 heterocycles. The number of hydrogen-bond donors (Lipinski definition) is 1. The van der Waals surface area contributed by atoms with Crippen LogP contribution < -0.4 is 4.90 Å². The van der Waals surface area contributed by atoms with Gasteiger partial charge in [0, 0.05) is 44.9 Å². The summed E-state index contributed by atoms with van der Waals surface area (Å²) in [6.07, 6.45) is 3.47. The van der Waals surface area contributed by atoms with Crippen molar-refractivity contribution in [2.45, 2.75) is 18.8 Å². The summed E-state index contributed by atoms with van der Waals surface area (Å²) >= 11 is 9.53. The zero-order chi connectivity index (χ0) is 30.9. The van der Waals surface area contributed by atoms with Crippen molar-refractivity contribution in [3.05, 3.63) is 128 Å². The van der Waals surface area contributed by atoms with E-state index in [1.54, 1.807) is 54.6 Å². The molecule has 0 saturated carbocycles. The summed E-state index contributed by atoms with van der Waals surface area (Å²) in [5.41, 5.74) is 2.90. The van der Waals surface area contributed by atoms with E-state index in [1.165, 1.54) is 23.1 Å². The van der Waals surface area contributed by atoms with Crippen molar-refractivity contribution >= 4 is 62.4 Å². The Bertz CT molecular complexity index is 1910. The molecule has 4 aliphatic rings. The summed E-state index contributed by atoms with van der Waals surface area (Å²) in [5.74, 6) is -4.56. The lowest BCUT2D eigenvalue weighted by Crippen LogP contribution is -2.39. The Kier molecular flexibility index (Phi) is 6.86. The van der Waals surface area contributed by atoms with Crippen molar-refractivity contribution in [1.29, 1.82) is 0 Å². The van der Waals surface area contributed by atoms with E-state index in [0.717, 1.165) is 0 Å². The fourth-order valence-electron chi connectivity index (χ4n) is 7.09. The van der Waals surface area contributed by atoms with Crippen LogP contribution in [0.2, 0.25) is 5.02 Å². The third-order valence-corrected chi connectivity index (χ3v) is 9.88. The maximum Gasteiger partial charge on any atom is 0.238 e. The molecule has 7 rings (SSSR count). The number of ketones is 3. The largest absolute Gasteiger partial charge is 0.508 e. The standard InChI is InChI=1S/C35H23BrClNO6/c36-26-16-28(40)31-25(33(26)42)15-23-21(29(31)24-14-19(37)8-13-27(24)39)11-12-22-30(23)35(44)38(34(22)43)20-9-6-18(7-10-20)32(41)17-4-2-1-3-5-17/h1-11,13-14,16,22-23,29-30,39H,12,15H2/t22-,23+,29+,30-/m0/s1. The molecule has 0 bridgehead atoms. The Hall–Kier alpha value is -4.40. The van der Waals surface area contributed by atoms with E-state index in [-0.39, 0.29) is 57.5 Å². The molecule has 4 atom stereocenters. The molecule has 1 fully saturated rings. The summed E-state index contributed by atoms with van der Waals surface area (Å²) < 4.78 is 0.121. The lowest BCUT2D eigenvalue weighted by molar-refractivity contribution is -0.123. The molecule has 0 spiro atoms. The average Bonchev–Trinajstić information content (AvgIpc) is 3.29.